The smallest absolute Gasteiger partial charge is 0.254 e. The third-order valence-electron chi connectivity index (χ3n) is 4.67. The molecule has 1 amide bonds. The SMILES string of the molecule is O=C(NC1CCS(=O)(=O)C1)c1cnc(NC2CCCCCC2)nc1. The molecular formula is C16H24N4O3S. The Bertz CT molecular complexity index is 667. The van der Waals surface area contributed by atoms with Gasteiger partial charge in [-0.05, 0) is 19.3 Å². The fourth-order valence-corrected chi connectivity index (χ4v) is 4.98. The van der Waals surface area contributed by atoms with Gasteiger partial charge in [-0.2, -0.15) is 0 Å². The maximum atomic E-state index is 12.2. The van der Waals surface area contributed by atoms with E-state index in [1.165, 1.54) is 38.1 Å². The highest BCUT2D eigenvalue weighted by atomic mass is 32.2. The minimum atomic E-state index is -3.01. The number of nitrogens with zero attached hydrogens (tertiary/aromatic N) is 2. The number of hydrogen-bond acceptors (Lipinski definition) is 6. The first-order chi connectivity index (χ1) is 11.5. The second-order valence-corrected chi connectivity index (χ2v) is 8.93. The number of amides is 1. The van der Waals surface area contributed by atoms with Gasteiger partial charge in [0.1, 0.15) is 0 Å². The summed E-state index contributed by atoms with van der Waals surface area (Å²) in [5.41, 5.74) is 0.353. The molecule has 1 saturated heterocycles. The molecule has 3 rings (SSSR count). The van der Waals surface area contributed by atoms with Crippen LogP contribution in [0.4, 0.5) is 5.95 Å². The molecule has 2 aliphatic rings. The molecule has 7 nitrogen and oxygen atoms in total. The molecule has 1 unspecified atom stereocenters. The van der Waals surface area contributed by atoms with E-state index >= 15 is 0 Å². The molecular weight excluding hydrogens is 328 g/mol. The van der Waals surface area contributed by atoms with Crippen LogP contribution in [-0.4, -0.2) is 47.9 Å². The van der Waals surface area contributed by atoms with Gasteiger partial charge in [0.2, 0.25) is 5.95 Å². The van der Waals surface area contributed by atoms with Gasteiger partial charge in [0, 0.05) is 24.5 Å². The average molecular weight is 352 g/mol. The van der Waals surface area contributed by atoms with Crippen molar-refractivity contribution in [2.45, 2.75) is 57.0 Å². The van der Waals surface area contributed by atoms with Crippen LogP contribution in [0.2, 0.25) is 0 Å². The molecule has 132 valence electrons. The number of rotatable bonds is 4. The number of carbonyl (C=O) groups excluding carboxylic acids is 1. The van der Waals surface area contributed by atoms with E-state index in [1.54, 1.807) is 0 Å². The van der Waals surface area contributed by atoms with E-state index in [0.29, 0.717) is 24.0 Å². The van der Waals surface area contributed by atoms with Gasteiger partial charge in [0.25, 0.3) is 5.91 Å². The topological polar surface area (TPSA) is 101 Å². The summed E-state index contributed by atoms with van der Waals surface area (Å²) in [7, 11) is -3.01. The highest BCUT2D eigenvalue weighted by Gasteiger charge is 2.29. The third kappa shape index (κ3) is 4.66. The van der Waals surface area contributed by atoms with Crippen LogP contribution in [0.5, 0.6) is 0 Å². The molecule has 0 spiro atoms. The molecule has 0 aromatic carbocycles. The molecule has 1 saturated carbocycles. The molecule has 1 aromatic heterocycles. The summed E-state index contributed by atoms with van der Waals surface area (Å²) in [5, 5.41) is 6.08. The predicted molar refractivity (Wildman–Crippen MR) is 91.7 cm³/mol. The van der Waals surface area contributed by atoms with E-state index in [4.69, 9.17) is 0 Å². The van der Waals surface area contributed by atoms with Crippen LogP contribution in [0.15, 0.2) is 12.4 Å². The number of aromatic nitrogens is 2. The maximum absolute atomic E-state index is 12.2. The summed E-state index contributed by atoms with van der Waals surface area (Å²) in [6, 6.07) is 0.0853. The summed E-state index contributed by atoms with van der Waals surface area (Å²) >= 11 is 0. The van der Waals surface area contributed by atoms with Gasteiger partial charge < -0.3 is 10.6 Å². The van der Waals surface area contributed by atoms with Crippen molar-refractivity contribution in [1.82, 2.24) is 15.3 Å². The molecule has 1 aliphatic heterocycles. The van der Waals surface area contributed by atoms with Crippen molar-refractivity contribution in [3.8, 4) is 0 Å². The van der Waals surface area contributed by atoms with Crippen LogP contribution in [0.25, 0.3) is 0 Å². The monoisotopic (exact) mass is 352 g/mol. The zero-order valence-corrected chi connectivity index (χ0v) is 14.5. The fourth-order valence-electron chi connectivity index (χ4n) is 3.30. The zero-order chi connectivity index (χ0) is 17.0. The number of anilines is 1. The zero-order valence-electron chi connectivity index (χ0n) is 13.7. The molecule has 2 N–H and O–H groups in total. The first kappa shape index (κ1) is 17.1. The first-order valence-corrected chi connectivity index (χ1v) is 10.4. The van der Waals surface area contributed by atoms with E-state index < -0.39 is 9.84 Å². The summed E-state index contributed by atoms with van der Waals surface area (Å²) in [6.07, 6.45) is 10.7. The molecule has 24 heavy (non-hydrogen) atoms. The lowest BCUT2D eigenvalue weighted by atomic mass is 10.1. The highest BCUT2D eigenvalue weighted by molar-refractivity contribution is 7.91. The molecule has 8 heteroatoms. The molecule has 1 aliphatic carbocycles. The van der Waals surface area contributed by atoms with Gasteiger partial charge in [-0.25, -0.2) is 18.4 Å². The number of sulfone groups is 1. The van der Waals surface area contributed by atoms with Crippen molar-refractivity contribution in [1.29, 1.82) is 0 Å². The molecule has 0 radical (unpaired) electrons. The predicted octanol–water partition coefficient (Wildman–Crippen LogP) is 1.53. The third-order valence-corrected chi connectivity index (χ3v) is 6.44. The van der Waals surface area contributed by atoms with Crippen molar-refractivity contribution < 1.29 is 13.2 Å². The Hall–Kier alpha value is -1.70. The number of carbonyl (C=O) groups is 1. The van der Waals surface area contributed by atoms with Crippen molar-refractivity contribution in [2.24, 2.45) is 0 Å². The Morgan fingerprint density at radius 2 is 1.67 bits per heavy atom. The van der Waals surface area contributed by atoms with Crippen molar-refractivity contribution in [3.63, 3.8) is 0 Å². The Labute approximate surface area is 142 Å². The van der Waals surface area contributed by atoms with Crippen molar-refractivity contribution in [3.05, 3.63) is 18.0 Å². The Balaban J connectivity index is 1.54. The molecule has 2 fully saturated rings. The molecule has 0 bridgehead atoms. The molecule has 1 aromatic rings. The van der Waals surface area contributed by atoms with Gasteiger partial charge in [0.15, 0.2) is 9.84 Å². The number of nitrogens with one attached hydrogen (secondary N) is 2. The van der Waals surface area contributed by atoms with Crippen LogP contribution in [0.3, 0.4) is 0 Å². The van der Waals surface area contributed by atoms with E-state index in [2.05, 4.69) is 20.6 Å². The second-order valence-electron chi connectivity index (χ2n) is 6.70. The average Bonchev–Trinajstić information content (AvgIpc) is 2.75. The van der Waals surface area contributed by atoms with Crippen LogP contribution < -0.4 is 10.6 Å². The summed E-state index contributed by atoms with van der Waals surface area (Å²) < 4.78 is 22.9. The lowest BCUT2D eigenvalue weighted by Gasteiger charge is -2.16. The van der Waals surface area contributed by atoms with Gasteiger partial charge in [-0.15, -0.1) is 0 Å². The summed E-state index contributed by atoms with van der Waals surface area (Å²) in [4.78, 5) is 20.6. The van der Waals surface area contributed by atoms with E-state index in [9.17, 15) is 13.2 Å². The van der Waals surface area contributed by atoms with Crippen molar-refractivity contribution in [2.75, 3.05) is 16.8 Å². The van der Waals surface area contributed by atoms with Crippen LogP contribution in [0.1, 0.15) is 55.3 Å². The molecule has 2 heterocycles. The lowest BCUT2D eigenvalue weighted by Crippen LogP contribution is -2.35. The normalized spacial score (nSPS) is 24.2. The lowest BCUT2D eigenvalue weighted by molar-refractivity contribution is 0.0940. The maximum Gasteiger partial charge on any atom is 0.254 e. The standard InChI is InChI=1S/C16H24N4O3S/c21-15(19-14-7-8-24(22,23)11-14)12-9-17-16(18-10-12)20-13-5-3-1-2-4-6-13/h9-10,13-14H,1-8,11H2,(H,19,21)(H,17,18,20). The number of hydrogen-bond donors (Lipinski definition) is 2. The first-order valence-electron chi connectivity index (χ1n) is 8.62. The van der Waals surface area contributed by atoms with E-state index in [-0.39, 0.29) is 23.5 Å². The Kier molecular flexibility index (Phi) is 5.33. The second kappa shape index (κ2) is 7.46. The van der Waals surface area contributed by atoms with E-state index in [0.717, 1.165) is 12.8 Å². The summed E-state index contributed by atoms with van der Waals surface area (Å²) in [6.45, 7) is 0. The van der Waals surface area contributed by atoms with Crippen LogP contribution >= 0.6 is 0 Å². The van der Waals surface area contributed by atoms with Crippen LogP contribution in [0, 0.1) is 0 Å². The van der Waals surface area contributed by atoms with Gasteiger partial charge >= 0.3 is 0 Å². The van der Waals surface area contributed by atoms with Crippen molar-refractivity contribution >= 4 is 21.7 Å². The highest BCUT2D eigenvalue weighted by Crippen LogP contribution is 2.19. The van der Waals surface area contributed by atoms with E-state index in [1.807, 2.05) is 0 Å². The minimum Gasteiger partial charge on any atom is -0.351 e. The molecule has 1 atom stereocenters. The Morgan fingerprint density at radius 1 is 1.00 bits per heavy atom. The Morgan fingerprint density at radius 3 is 2.25 bits per heavy atom. The summed E-state index contributed by atoms with van der Waals surface area (Å²) in [5.74, 6) is 0.375. The quantitative estimate of drug-likeness (QED) is 0.797. The van der Waals surface area contributed by atoms with Gasteiger partial charge in [0.05, 0.1) is 17.1 Å². The van der Waals surface area contributed by atoms with Gasteiger partial charge in [-0.3, -0.25) is 4.79 Å². The van der Waals surface area contributed by atoms with Crippen LogP contribution in [-0.2, 0) is 9.84 Å². The largest absolute Gasteiger partial charge is 0.351 e. The fraction of sp³-hybridized carbons (Fsp3) is 0.688. The minimum absolute atomic E-state index is 0.0148. The van der Waals surface area contributed by atoms with Gasteiger partial charge in [-0.1, -0.05) is 25.7 Å².